The first-order valence-corrected chi connectivity index (χ1v) is 11.5. The van der Waals surface area contributed by atoms with Gasteiger partial charge in [-0.05, 0) is 38.3 Å². The third kappa shape index (κ3) is 4.83. The molecule has 0 saturated heterocycles. The minimum absolute atomic E-state index is 0.152. The molecule has 0 fully saturated rings. The molecule has 0 unspecified atom stereocenters. The van der Waals surface area contributed by atoms with E-state index in [1.807, 2.05) is 0 Å². The van der Waals surface area contributed by atoms with Crippen molar-refractivity contribution in [2.75, 3.05) is 16.9 Å². The molecule has 1 aromatic heterocycles. The van der Waals surface area contributed by atoms with E-state index in [1.165, 1.54) is 23.1 Å². The summed E-state index contributed by atoms with van der Waals surface area (Å²) in [5.41, 5.74) is 0.664. The number of carbonyl (C=O) groups is 1. The van der Waals surface area contributed by atoms with Crippen molar-refractivity contribution in [1.29, 1.82) is 0 Å². The van der Waals surface area contributed by atoms with Gasteiger partial charge in [-0.25, -0.2) is 13.2 Å². The lowest BCUT2D eigenvalue weighted by Crippen LogP contribution is -2.22. The van der Waals surface area contributed by atoms with Gasteiger partial charge in [0.25, 0.3) is 0 Å². The van der Waals surface area contributed by atoms with Crippen molar-refractivity contribution in [3.05, 3.63) is 33.6 Å². The normalized spacial score (nSPS) is 11.6. The highest BCUT2D eigenvalue weighted by atomic mass is 35.5. The second-order valence-corrected chi connectivity index (χ2v) is 10.6. The molecule has 25 heavy (non-hydrogen) atoms. The van der Waals surface area contributed by atoms with E-state index in [4.69, 9.17) is 23.2 Å². The Bertz CT molecular complexity index is 875. The number of benzene rings is 1. The monoisotopic (exact) mass is 438 g/mol. The minimum atomic E-state index is -3.53. The molecule has 2 N–H and O–H groups in total. The van der Waals surface area contributed by atoms with Gasteiger partial charge in [-0.1, -0.05) is 23.2 Å². The number of sulfone groups is 1. The predicted molar refractivity (Wildman–Crippen MR) is 108 cm³/mol. The first-order chi connectivity index (χ1) is 11.6. The van der Waals surface area contributed by atoms with Crippen molar-refractivity contribution < 1.29 is 13.2 Å². The highest BCUT2D eigenvalue weighted by molar-refractivity contribution is 8.01. The molecule has 0 radical (unpaired) electrons. The standard InChI is InChI=1S/C15H16Cl2N2O3S3/c1-8(2)25(21,22)13-12(7-24-14(13)23-3)19-15(20)18-11-5-9(16)4-10(17)6-11/h4-8H,1-3H3,(H2,18,19,20). The van der Waals surface area contributed by atoms with E-state index in [1.54, 1.807) is 43.7 Å². The van der Waals surface area contributed by atoms with Crippen molar-refractivity contribution in [3.63, 3.8) is 0 Å². The minimum Gasteiger partial charge on any atom is -0.308 e. The van der Waals surface area contributed by atoms with E-state index < -0.39 is 21.1 Å². The van der Waals surface area contributed by atoms with Gasteiger partial charge in [-0.15, -0.1) is 23.1 Å². The molecule has 1 aromatic carbocycles. The summed E-state index contributed by atoms with van der Waals surface area (Å²) in [5.74, 6) is 0. The average Bonchev–Trinajstić information content (AvgIpc) is 2.89. The molecular weight excluding hydrogens is 423 g/mol. The second kappa shape index (κ2) is 8.18. The van der Waals surface area contributed by atoms with Gasteiger partial charge in [0.15, 0.2) is 9.84 Å². The van der Waals surface area contributed by atoms with Crippen LogP contribution in [-0.4, -0.2) is 26.0 Å². The van der Waals surface area contributed by atoms with Crippen LogP contribution in [0.1, 0.15) is 13.8 Å². The van der Waals surface area contributed by atoms with Crippen LogP contribution >= 0.6 is 46.3 Å². The molecule has 0 saturated carbocycles. The van der Waals surface area contributed by atoms with Crippen LogP contribution in [0.3, 0.4) is 0 Å². The van der Waals surface area contributed by atoms with Crippen LogP contribution < -0.4 is 10.6 Å². The van der Waals surface area contributed by atoms with Crippen LogP contribution in [0, 0.1) is 0 Å². The van der Waals surface area contributed by atoms with Crippen molar-refractivity contribution in [1.82, 2.24) is 0 Å². The van der Waals surface area contributed by atoms with Crippen LogP contribution in [-0.2, 0) is 9.84 Å². The summed E-state index contributed by atoms with van der Waals surface area (Å²) in [4.78, 5) is 12.4. The molecule has 2 aromatic rings. The zero-order chi connectivity index (χ0) is 18.8. The largest absolute Gasteiger partial charge is 0.323 e. The van der Waals surface area contributed by atoms with E-state index in [0.29, 0.717) is 19.9 Å². The van der Waals surface area contributed by atoms with Gasteiger partial charge >= 0.3 is 6.03 Å². The Morgan fingerprint density at radius 3 is 2.28 bits per heavy atom. The smallest absolute Gasteiger partial charge is 0.308 e. The summed E-state index contributed by atoms with van der Waals surface area (Å²) >= 11 is 14.4. The van der Waals surface area contributed by atoms with E-state index in [0.717, 1.165) is 0 Å². The fourth-order valence-corrected chi connectivity index (χ4v) is 6.23. The maximum absolute atomic E-state index is 12.6. The number of urea groups is 1. The molecule has 5 nitrogen and oxygen atoms in total. The molecule has 1 heterocycles. The molecule has 0 aliphatic carbocycles. The van der Waals surface area contributed by atoms with Gasteiger partial charge in [0.2, 0.25) is 0 Å². The number of nitrogens with one attached hydrogen (secondary N) is 2. The van der Waals surface area contributed by atoms with E-state index in [-0.39, 0.29) is 10.6 Å². The molecular formula is C15H16Cl2N2O3S3. The Hall–Kier alpha value is -0.930. The summed E-state index contributed by atoms with van der Waals surface area (Å²) in [6.45, 7) is 3.21. The second-order valence-electron chi connectivity index (χ2n) is 5.30. The van der Waals surface area contributed by atoms with Crippen LogP contribution in [0.5, 0.6) is 0 Å². The molecule has 0 atom stereocenters. The van der Waals surface area contributed by atoms with Gasteiger partial charge in [0.05, 0.1) is 15.1 Å². The maximum Gasteiger partial charge on any atom is 0.323 e. The number of rotatable bonds is 5. The summed E-state index contributed by atoms with van der Waals surface area (Å²) < 4.78 is 25.9. The van der Waals surface area contributed by atoms with Crippen LogP contribution in [0.15, 0.2) is 32.7 Å². The number of anilines is 2. The Labute approximate surface area is 165 Å². The molecule has 2 rings (SSSR count). The van der Waals surface area contributed by atoms with Crippen molar-refractivity contribution in [2.45, 2.75) is 28.2 Å². The van der Waals surface area contributed by atoms with E-state index >= 15 is 0 Å². The first-order valence-electron chi connectivity index (χ1n) is 7.08. The molecule has 0 aliphatic heterocycles. The molecule has 10 heteroatoms. The molecule has 136 valence electrons. The maximum atomic E-state index is 12.6. The SMILES string of the molecule is CSc1scc(NC(=O)Nc2cc(Cl)cc(Cl)c2)c1S(=O)(=O)C(C)C. The van der Waals surface area contributed by atoms with E-state index in [9.17, 15) is 13.2 Å². The molecule has 0 aliphatic rings. The van der Waals surface area contributed by atoms with Crippen molar-refractivity contribution >= 4 is 73.5 Å². The Kier molecular flexibility index (Phi) is 6.67. The van der Waals surface area contributed by atoms with Gasteiger partial charge in [0.1, 0.15) is 4.90 Å². The lowest BCUT2D eigenvalue weighted by Gasteiger charge is -2.12. The van der Waals surface area contributed by atoms with Crippen LogP contribution in [0.2, 0.25) is 10.0 Å². The third-order valence-electron chi connectivity index (χ3n) is 3.17. The van der Waals surface area contributed by atoms with E-state index in [2.05, 4.69) is 10.6 Å². The fourth-order valence-electron chi connectivity index (χ4n) is 1.97. The molecule has 2 amide bonds. The summed E-state index contributed by atoms with van der Waals surface area (Å²) in [7, 11) is -3.53. The van der Waals surface area contributed by atoms with Gasteiger partial charge in [-0.2, -0.15) is 0 Å². The highest BCUT2D eigenvalue weighted by Gasteiger charge is 2.28. The quantitative estimate of drug-likeness (QED) is 0.595. The van der Waals surface area contributed by atoms with Gasteiger partial charge < -0.3 is 10.6 Å². The van der Waals surface area contributed by atoms with Crippen molar-refractivity contribution in [2.24, 2.45) is 0 Å². The van der Waals surface area contributed by atoms with Gasteiger partial charge in [-0.3, -0.25) is 0 Å². The topological polar surface area (TPSA) is 75.3 Å². The fraction of sp³-hybridized carbons (Fsp3) is 0.267. The average molecular weight is 439 g/mol. The lowest BCUT2D eigenvalue weighted by atomic mass is 10.3. The number of hydrogen-bond acceptors (Lipinski definition) is 5. The molecule has 0 bridgehead atoms. The number of amides is 2. The highest BCUT2D eigenvalue weighted by Crippen LogP contribution is 2.39. The van der Waals surface area contributed by atoms with Crippen LogP contribution in [0.25, 0.3) is 0 Å². The Morgan fingerprint density at radius 2 is 1.76 bits per heavy atom. The predicted octanol–water partition coefficient (Wildman–Crippen LogP) is 5.60. The van der Waals surface area contributed by atoms with Crippen LogP contribution in [0.4, 0.5) is 16.2 Å². The number of thioether (sulfide) groups is 1. The zero-order valence-electron chi connectivity index (χ0n) is 13.6. The molecule has 0 spiro atoms. The lowest BCUT2D eigenvalue weighted by molar-refractivity contribution is 0.262. The number of thiophene rings is 1. The number of carbonyl (C=O) groups excluding carboxylic acids is 1. The van der Waals surface area contributed by atoms with Crippen molar-refractivity contribution in [3.8, 4) is 0 Å². The Balaban J connectivity index is 2.28. The zero-order valence-corrected chi connectivity index (χ0v) is 17.6. The summed E-state index contributed by atoms with van der Waals surface area (Å²) in [5, 5.41) is 6.97. The summed E-state index contributed by atoms with van der Waals surface area (Å²) in [6.07, 6.45) is 1.79. The Morgan fingerprint density at radius 1 is 1.16 bits per heavy atom. The third-order valence-corrected chi connectivity index (χ3v) is 8.24. The number of halogens is 2. The summed E-state index contributed by atoms with van der Waals surface area (Å²) in [6, 6.07) is 4.05. The number of hydrogen-bond donors (Lipinski definition) is 2. The van der Waals surface area contributed by atoms with Gasteiger partial charge in [0, 0.05) is 21.1 Å². The first kappa shape index (κ1) is 20.4.